The molecule has 11 heteroatoms. The van der Waals surface area contributed by atoms with Crippen molar-refractivity contribution in [2.75, 3.05) is 18.9 Å². The van der Waals surface area contributed by atoms with Crippen molar-refractivity contribution in [1.29, 1.82) is 0 Å². The SMILES string of the molecule is CCC1C#CCC(C(O)CCc2ccc(O)c(OC(CC(Cc3ccc[nH]3)c3ccnc(N)c3)C(O)CO)c2)C(O)CCC(NCC(C)O)C1. The van der Waals surface area contributed by atoms with E-state index in [0.29, 0.717) is 50.9 Å². The number of hydrogen-bond acceptors (Lipinski definition) is 10. The van der Waals surface area contributed by atoms with Gasteiger partial charge in [-0.15, -0.1) is 5.92 Å². The van der Waals surface area contributed by atoms with E-state index in [1.807, 2.05) is 24.4 Å². The number of aliphatic hydroxyl groups is 5. The van der Waals surface area contributed by atoms with Crippen LogP contribution < -0.4 is 15.8 Å². The number of pyridine rings is 1. The molecule has 0 spiro atoms. The first-order chi connectivity index (χ1) is 24.1. The Kier molecular flexibility index (Phi) is 15.4. The summed E-state index contributed by atoms with van der Waals surface area (Å²) in [6, 6.07) is 12.6. The highest BCUT2D eigenvalue weighted by atomic mass is 16.5. The van der Waals surface area contributed by atoms with Crippen molar-refractivity contribution in [2.45, 2.75) is 114 Å². The molecule has 50 heavy (non-hydrogen) atoms. The van der Waals surface area contributed by atoms with Gasteiger partial charge in [-0.25, -0.2) is 4.98 Å². The molecule has 0 amide bonds. The van der Waals surface area contributed by atoms with E-state index in [2.05, 4.69) is 34.0 Å². The lowest BCUT2D eigenvalue weighted by Crippen LogP contribution is -2.38. The summed E-state index contributed by atoms with van der Waals surface area (Å²) >= 11 is 0. The minimum atomic E-state index is -1.23. The Balaban J connectivity index is 1.45. The zero-order valence-corrected chi connectivity index (χ0v) is 29.3. The van der Waals surface area contributed by atoms with Crippen LogP contribution in [0, 0.1) is 23.7 Å². The Bertz CT molecular complexity index is 1490. The number of aliphatic hydroxyl groups excluding tert-OH is 5. The third kappa shape index (κ3) is 12.0. The van der Waals surface area contributed by atoms with Crippen molar-refractivity contribution in [2.24, 2.45) is 11.8 Å². The molecule has 9 atom stereocenters. The van der Waals surface area contributed by atoms with Crippen LogP contribution in [0.3, 0.4) is 0 Å². The molecule has 11 nitrogen and oxygen atoms in total. The highest BCUT2D eigenvalue weighted by molar-refractivity contribution is 5.42. The summed E-state index contributed by atoms with van der Waals surface area (Å²) in [5.41, 5.74) is 8.68. The van der Waals surface area contributed by atoms with Crippen LogP contribution in [-0.2, 0) is 12.8 Å². The van der Waals surface area contributed by atoms with Gasteiger partial charge in [-0.3, -0.25) is 0 Å². The van der Waals surface area contributed by atoms with Crippen molar-refractivity contribution >= 4 is 5.82 Å². The van der Waals surface area contributed by atoms with Crippen molar-refractivity contribution in [3.05, 3.63) is 71.7 Å². The summed E-state index contributed by atoms with van der Waals surface area (Å²) in [4.78, 5) is 7.33. The van der Waals surface area contributed by atoms with E-state index in [4.69, 9.17) is 10.5 Å². The monoisotopic (exact) mass is 692 g/mol. The molecule has 1 aromatic carbocycles. The number of aromatic hydroxyl groups is 1. The number of nitrogen functional groups attached to an aromatic ring is 1. The Labute approximate surface area is 295 Å². The number of aromatic nitrogens is 2. The Morgan fingerprint density at radius 1 is 1.14 bits per heavy atom. The van der Waals surface area contributed by atoms with Crippen molar-refractivity contribution in [3.8, 4) is 23.3 Å². The fourth-order valence-corrected chi connectivity index (χ4v) is 6.75. The molecule has 0 saturated heterocycles. The van der Waals surface area contributed by atoms with E-state index in [1.54, 1.807) is 31.3 Å². The zero-order valence-electron chi connectivity index (χ0n) is 29.3. The predicted molar refractivity (Wildman–Crippen MR) is 193 cm³/mol. The number of anilines is 1. The molecule has 2 heterocycles. The first-order valence-electron chi connectivity index (χ1n) is 17.9. The maximum absolute atomic E-state index is 11.3. The summed E-state index contributed by atoms with van der Waals surface area (Å²) in [5.74, 6) is 6.63. The first-order valence-corrected chi connectivity index (χ1v) is 17.9. The van der Waals surface area contributed by atoms with E-state index >= 15 is 0 Å². The standard InChI is InChI=1S/C39H56N4O7/c1-3-26-6-4-8-32(34(47)14-11-31(18-26)43-23-25(2)45)33(46)12-9-27-10-13-35(48)37(19-27)50-38(36(49)24-44)21-29(20-30-7-5-16-41-30)28-15-17-42-39(40)22-28/h5,7,10,13,15-17,19,22,25-26,29,31-34,36,38,41,43-49H,3,8-9,11-12,14,18,20-21,23-24H2,1-2H3,(H2,40,42). The Morgan fingerprint density at radius 3 is 2.66 bits per heavy atom. The third-order valence-electron chi connectivity index (χ3n) is 9.78. The smallest absolute Gasteiger partial charge is 0.161 e. The van der Waals surface area contributed by atoms with E-state index in [1.165, 1.54) is 6.07 Å². The van der Waals surface area contributed by atoms with Gasteiger partial charge in [0.15, 0.2) is 11.5 Å². The molecule has 0 aliphatic heterocycles. The van der Waals surface area contributed by atoms with E-state index in [9.17, 15) is 30.6 Å². The van der Waals surface area contributed by atoms with Crippen LogP contribution in [0.15, 0.2) is 54.9 Å². The van der Waals surface area contributed by atoms with Gasteiger partial charge < -0.3 is 51.4 Å². The highest BCUT2D eigenvalue weighted by Gasteiger charge is 2.30. The molecule has 0 saturated carbocycles. The second-order valence-corrected chi connectivity index (χ2v) is 13.8. The van der Waals surface area contributed by atoms with Crippen molar-refractivity contribution < 1.29 is 35.4 Å². The number of nitrogens with two attached hydrogens (primary N) is 1. The average molecular weight is 693 g/mol. The average Bonchev–Trinajstić information content (AvgIpc) is 3.62. The Hall–Kier alpha value is -3.63. The van der Waals surface area contributed by atoms with Crippen LogP contribution in [0.2, 0.25) is 0 Å². The topological polar surface area (TPSA) is 197 Å². The molecule has 2 aromatic heterocycles. The number of benzene rings is 1. The number of rotatable bonds is 17. The van der Waals surface area contributed by atoms with Crippen LogP contribution in [0.4, 0.5) is 5.82 Å². The van der Waals surface area contributed by atoms with Crippen LogP contribution in [0.5, 0.6) is 11.5 Å². The van der Waals surface area contributed by atoms with Gasteiger partial charge in [0.05, 0.1) is 24.9 Å². The van der Waals surface area contributed by atoms with Crippen LogP contribution in [0.1, 0.15) is 81.5 Å². The maximum Gasteiger partial charge on any atom is 0.161 e. The minimum Gasteiger partial charge on any atom is -0.504 e. The fraction of sp³-hybridized carbons (Fsp3) is 0.564. The second kappa shape index (κ2) is 19.7. The van der Waals surface area contributed by atoms with Gasteiger partial charge in [0.2, 0.25) is 0 Å². The normalized spacial score (nSPS) is 22.8. The molecule has 1 aliphatic carbocycles. The molecule has 0 fully saturated rings. The number of H-pyrrole nitrogens is 1. The van der Waals surface area contributed by atoms with Crippen molar-refractivity contribution in [3.63, 3.8) is 0 Å². The molecule has 10 N–H and O–H groups in total. The van der Waals surface area contributed by atoms with Gasteiger partial charge in [-0.2, -0.15) is 0 Å². The fourth-order valence-electron chi connectivity index (χ4n) is 6.75. The lowest BCUT2D eigenvalue weighted by molar-refractivity contribution is -0.00843. The quantitative estimate of drug-likeness (QED) is 0.0946. The number of phenolic OH excluding ortho intramolecular Hbond substituents is 1. The van der Waals surface area contributed by atoms with Gasteiger partial charge in [0, 0.05) is 48.9 Å². The molecule has 0 radical (unpaired) electrons. The minimum absolute atomic E-state index is 0.110. The molecular weight excluding hydrogens is 636 g/mol. The molecule has 0 bridgehead atoms. The van der Waals surface area contributed by atoms with E-state index < -0.39 is 43.0 Å². The number of nitrogens with zero attached hydrogens (tertiary/aromatic N) is 1. The summed E-state index contributed by atoms with van der Waals surface area (Å²) in [6.07, 6.45) is 4.45. The molecule has 274 valence electrons. The van der Waals surface area contributed by atoms with E-state index in [0.717, 1.165) is 36.1 Å². The predicted octanol–water partition coefficient (Wildman–Crippen LogP) is 3.43. The third-order valence-corrected chi connectivity index (χ3v) is 9.78. The molecule has 9 unspecified atom stereocenters. The molecule has 1 aliphatic rings. The van der Waals surface area contributed by atoms with Crippen molar-refractivity contribution in [1.82, 2.24) is 15.3 Å². The van der Waals surface area contributed by atoms with Gasteiger partial charge in [0.25, 0.3) is 0 Å². The van der Waals surface area contributed by atoms with Crippen LogP contribution in [0.25, 0.3) is 0 Å². The molecule has 3 aromatic rings. The number of nitrogens with one attached hydrogen (secondary N) is 2. The van der Waals surface area contributed by atoms with E-state index in [-0.39, 0.29) is 29.4 Å². The summed E-state index contributed by atoms with van der Waals surface area (Å²) in [7, 11) is 0. The Morgan fingerprint density at radius 2 is 1.96 bits per heavy atom. The van der Waals surface area contributed by atoms with Gasteiger partial charge in [-0.1, -0.05) is 18.9 Å². The number of aromatic amines is 1. The summed E-state index contributed by atoms with van der Waals surface area (Å²) in [6.45, 7) is 3.80. The van der Waals surface area contributed by atoms with Gasteiger partial charge in [-0.05, 0) is 112 Å². The van der Waals surface area contributed by atoms with Crippen LogP contribution in [-0.4, -0.2) is 90.3 Å². The zero-order chi connectivity index (χ0) is 36.0. The second-order valence-electron chi connectivity index (χ2n) is 13.8. The number of aryl methyl sites for hydroxylation is 1. The highest BCUT2D eigenvalue weighted by Crippen LogP contribution is 2.34. The first kappa shape index (κ1) is 39.2. The molecule has 4 rings (SSSR count). The summed E-state index contributed by atoms with van der Waals surface area (Å²) < 4.78 is 6.24. The number of hydrogen-bond donors (Lipinski definition) is 9. The van der Waals surface area contributed by atoms with Gasteiger partial charge >= 0.3 is 0 Å². The number of phenols is 1. The van der Waals surface area contributed by atoms with Crippen LogP contribution >= 0.6 is 0 Å². The summed E-state index contributed by atoms with van der Waals surface area (Å²) in [5, 5.41) is 67.3. The lowest BCUT2D eigenvalue weighted by Gasteiger charge is -2.30. The maximum atomic E-state index is 11.3. The number of ether oxygens (including phenoxy) is 1. The lowest BCUT2D eigenvalue weighted by atomic mass is 9.84. The van der Waals surface area contributed by atoms with Gasteiger partial charge in [0.1, 0.15) is 18.0 Å². The largest absolute Gasteiger partial charge is 0.504 e. The molecular formula is C39H56N4O7.